The minimum absolute atomic E-state index is 0.0911. The summed E-state index contributed by atoms with van der Waals surface area (Å²) in [7, 11) is 0. The van der Waals surface area contributed by atoms with Crippen LogP contribution >= 0.6 is 11.8 Å². The lowest BCUT2D eigenvalue weighted by molar-refractivity contribution is -0.115. The molecule has 1 aliphatic heterocycles. The Bertz CT molecular complexity index is 690. The van der Waals surface area contributed by atoms with Crippen molar-refractivity contribution >= 4 is 34.7 Å². The average molecular weight is 343 g/mol. The Kier molecular flexibility index (Phi) is 5.09. The van der Waals surface area contributed by atoms with Gasteiger partial charge in [0.25, 0.3) is 0 Å². The highest BCUT2D eigenvalue weighted by atomic mass is 32.2. The zero-order chi connectivity index (χ0) is 17.3. The molecule has 24 heavy (non-hydrogen) atoms. The first-order valence-corrected chi connectivity index (χ1v) is 9.66. The predicted octanol–water partition coefficient (Wildman–Crippen LogP) is 4.77. The molecular formula is C19H25N3OS. The van der Waals surface area contributed by atoms with Crippen molar-refractivity contribution in [2.75, 3.05) is 10.7 Å². The molecule has 0 aromatic heterocycles. The van der Waals surface area contributed by atoms with Crippen LogP contribution in [0.25, 0.3) is 0 Å². The van der Waals surface area contributed by atoms with Gasteiger partial charge in [0.05, 0.1) is 11.4 Å². The van der Waals surface area contributed by atoms with Crippen molar-refractivity contribution in [3.63, 3.8) is 0 Å². The molecule has 1 aliphatic carbocycles. The normalized spacial score (nSPS) is 20.3. The second-order valence-electron chi connectivity index (χ2n) is 7.16. The first-order chi connectivity index (χ1) is 11.5. The van der Waals surface area contributed by atoms with Gasteiger partial charge in [0.15, 0.2) is 5.17 Å². The average Bonchev–Trinajstić information content (AvgIpc) is 3.31. The molecule has 1 amide bonds. The van der Waals surface area contributed by atoms with E-state index >= 15 is 0 Å². The lowest BCUT2D eigenvalue weighted by Crippen LogP contribution is -2.30. The Morgan fingerprint density at radius 1 is 1.25 bits per heavy atom. The molecule has 2 aliphatic rings. The molecule has 0 unspecified atom stereocenters. The van der Waals surface area contributed by atoms with Crippen LogP contribution in [0.3, 0.4) is 0 Å². The number of amides is 1. The maximum Gasteiger partial charge on any atom is 0.243 e. The number of hydrogen-bond acceptors (Lipinski definition) is 4. The fraction of sp³-hybridized carbons (Fsp3) is 0.526. The van der Waals surface area contributed by atoms with Crippen molar-refractivity contribution in [2.45, 2.75) is 52.4 Å². The molecule has 0 N–H and O–H groups in total. The zero-order valence-corrected chi connectivity index (χ0v) is 15.6. The largest absolute Gasteiger partial charge is 0.273 e. The monoisotopic (exact) mass is 343 g/mol. The van der Waals surface area contributed by atoms with Crippen LogP contribution in [0.2, 0.25) is 0 Å². The second kappa shape index (κ2) is 7.09. The molecular weight excluding hydrogens is 318 g/mol. The molecule has 1 saturated carbocycles. The SMILES string of the molecule is CC(C)/C=N/N=C1\SCC(=O)N1c1cc(C2CC2)ccc1C(C)C. The summed E-state index contributed by atoms with van der Waals surface area (Å²) in [6, 6.07) is 6.59. The Morgan fingerprint density at radius 3 is 2.62 bits per heavy atom. The summed E-state index contributed by atoms with van der Waals surface area (Å²) in [4.78, 5) is 14.3. The molecule has 1 heterocycles. The van der Waals surface area contributed by atoms with Gasteiger partial charge in [0.2, 0.25) is 5.91 Å². The third kappa shape index (κ3) is 3.72. The van der Waals surface area contributed by atoms with Gasteiger partial charge in [0, 0.05) is 6.21 Å². The fourth-order valence-electron chi connectivity index (χ4n) is 2.80. The van der Waals surface area contributed by atoms with E-state index in [2.05, 4.69) is 56.1 Å². The van der Waals surface area contributed by atoms with Crippen LogP contribution in [0.1, 0.15) is 63.5 Å². The Morgan fingerprint density at radius 2 is 2.00 bits per heavy atom. The number of nitrogens with zero attached hydrogens (tertiary/aromatic N) is 3. The standard InChI is InChI=1S/C19H25N3OS/c1-12(2)10-20-21-19-22(18(23)11-24-19)17-9-15(14-5-6-14)7-8-16(17)13(3)4/h7-10,12-14H,5-6,11H2,1-4H3/b20-10+,21-19-. The highest BCUT2D eigenvalue weighted by Gasteiger charge is 2.33. The minimum Gasteiger partial charge on any atom is -0.273 e. The molecule has 0 spiro atoms. The number of carbonyl (C=O) groups excluding carboxylic acids is 1. The van der Waals surface area contributed by atoms with Crippen molar-refractivity contribution in [2.24, 2.45) is 16.1 Å². The van der Waals surface area contributed by atoms with Crippen molar-refractivity contribution in [3.8, 4) is 0 Å². The minimum atomic E-state index is 0.0911. The number of hydrogen-bond donors (Lipinski definition) is 0. The number of thioether (sulfide) groups is 1. The van der Waals surface area contributed by atoms with Gasteiger partial charge in [-0.05, 0) is 47.8 Å². The number of rotatable bonds is 5. The van der Waals surface area contributed by atoms with Gasteiger partial charge in [-0.1, -0.05) is 51.6 Å². The summed E-state index contributed by atoms with van der Waals surface area (Å²) in [6.07, 6.45) is 4.31. The van der Waals surface area contributed by atoms with Gasteiger partial charge in [-0.3, -0.25) is 9.69 Å². The molecule has 1 saturated heterocycles. The number of carbonyl (C=O) groups is 1. The summed E-state index contributed by atoms with van der Waals surface area (Å²) in [5.74, 6) is 1.88. The lowest BCUT2D eigenvalue weighted by Gasteiger charge is -2.22. The first-order valence-electron chi connectivity index (χ1n) is 8.68. The van der Waals surface area contributed by atoms with Gasteiger partial charge in [-0.15, -0.1) is 5.10 Å². The Labute approximate surface area is 148 Å². The van der Waals surface area contributed by atoms with Crippen LogP contribution in [-0.4, -0.2) is 23.0 Å². The van der Waals surface area contributed by atoms with Crippen molar-refractivity contribution in [1.82, 2.24) is 0 Å². The molecule has 4 nitrogen and oxygen atoms in total. The van der Waals surface area contributed by atoms with Crippen LogP contribution in [-0.2, 0) is 4.79 Å². The molecule has 0 bridgehead atoms. The molecule has 0 atom stereocenters. The molecule has 128 valence electrons. The van der Waals surface area contributed by atoms with E-state index in [9.17, 15) is 4.79 Å². The lowest BCUT2D eigenvalue weighted by atomic mass is 9.97. The quantitative estimate of drug-likeness (QED) is 0.571. The maximum atomic E-state index is 12.5. The van der Waals surface area contributed by atoms with E-state index in [4.69, 9.17) is 0 Å². The third-order valence-corrected chi connectivity index (χ3v) is 5.15. The summed E-state index contributed by atoms with van der Waals surface area (Å²) < 4.78 is 0. The van der Waals surface area contributed by atoms with Gasteiger partial charge in [-0.25, -0.2) is 0 Å². The van der Waals surface area contributed by atoms with Crippen LogP contribution in [0.5, 0.6) is 0 Å². The number of anilines is 1. The van der Waals surface area contributed by atoms with E-state index < -0.39 is 0 Å². The second-order valence-corrected chi connectivity index (χ2v) is 8.10. The number of benzene rings is 1. The van der Waals surface area contributed by atoms with Crippen molar-refractivity contribution < 1.29 is 4.79 Å². The Balaban J connectivity index is 2.00. The summed E-state index contributed by atoms with van der Waals surface area (Å²) in [5, 5.41) is 9.16. The first kappa shape index (κ1) is 17.2. The molecule has 2 fully saturated rings. The van der Waals surface area contributed by atoms with E-state index in [1.54, 1.807) is 11.1 Å². The highest BCUT2D eigenvalue weighted by molar-refractivity contribution is 8.15. The molecule has 3 rings (SSSR count). The van der Waals surface area contributed by atoms with E-state index in [1.165, 1.54) is 35.7 Å². The van der Waals surface area contributed by atoms with Gasteiger partial charge < -0.3 is 0 Å². The molecule has 1 aromatic rings. The van der Waals surface area contributed by atoms with Crippen LogP contribution in [0, 0.1) is 5.92 Å². The van der Waals surface area contributed by atoms with Crippen molar-refractivity contribution in [3.05, 3.63) is 29.3 Å². The molecule has 5 heteroatoms. The predicted molar refractivity (Wildman–Crippen MR) is 103 cm³/mol. The topological polar surface area (TPSA) is 45.0 Å². The summed E-state index contributed by atoms with van der Waals surface area (Å²) in [6.45, 7) is 8.45. The van der Waals surface area contributed by atoms with Crippen LogP contribution in [0.15, 0.2) is 28.4 Å². The highest BCUT2D eigenvalue weighted by Crippen LogP contribution is 2.43. The Hall–Kier alpha value is -1.62. The summed E-state index contributed by atoms with van der Waals surface area (Å²) >= 11 is 1.47. The zero-order valence-electron chi connectivity index (χ0n) is 14.8. The van der Waals surface area contributed by atoms with Crippen LogP contribution in [0.4, 0.5) is 5.69 Å². The van der Waals surface area contributed by atoms with Gasteiger partial charge >= 0.3 is 0 Å². The van der Waals surface area contributed by atoms with Crippen LogP contribution < -0.4 is 4.90 Å². The number of amidine groups is 1. The maximum absolute atomic E-state index is 12.5. The van der Waals surface area contributed by atoms with Gasteiger partial charge in [0.1, 0.15) is 0 Å². The molecule has 0 radical (unpaired) electrons. The van der Waals surface area contributed by atoms with E-state index in [0.29, 0.717) is 28.7 Å². The molecule has 1 aromatic carbocycles. The smallest absolute Gasteiger partial charge is 0.243 e. The fourth-order valence-corrected chi connectivity index (χ4v) is 3.62. The third-order valence-electron chi connectivity index (χ3n) is 4.24. The van der Waals surface area contributed by atoms with E-state index in [-0.39, 0.29) is 5.91 Å². The van der Waals surface area contributed by atoms with Gasteiger partial charge in [-0.2, -0.15) is 5.10 Å². The van der Waals surface area contributed by atoms with E-state index in [0.717, 1.165) is 5.69 Å². The summed E-state index contributed by atoms with van der Waals surface area (Å²) in [5.41, 5.74) is 3.52. The van der Waals surface area contributed by atoms with E-state index in [1.807, 2.05) is 0 Å². The van der Waals surface area contributed by atoms with Crippen molar-refractivity contribution in [1.29, 1.82) is 0 Å².